The normalized spacial score (nSPS) is 35.4. The van der Waals surface area contributed by atoms with Gasteiger partial charge in [0.2, 0.25) is 0 Å². The van der Waals surface area contributed by atoms with E-state index in [0.29, 0.717) is 0 Å². The summed E-state index contributed by atoms with van der Waals surface area (Å²) in [6, 6.07) is 0. The van der Waals surface area contributed by atoms with Crippen LogP contribution in [0.5, 0.6) is 0 Å². The van der Waals surface area contributed by atoms with Gasteiger partial charge in [0.25, 0.3) is 0 Å². The third-order valence-electron chi connectivity index (χ3n) is 2.94. The Balaban J connectivity index is 1.34. The summed E-state index contributed by atoms with van der Waals surface area (Å²) in [5.41, 5.74) is 0. The molecule has 0 unspecified atom stereocenters. The third kappa shape index (κ3) is 3.14. The molecule has 112 valence electrons. The number of hydrogen-bond acceptors (Lipinski definition) is 10. The van der Waals surface area contributed by atoms with Crippen molar-refractivity contribution in [2.45, 2.75) is 9.16 Å². The first kappa shape index (κ1) is 15.9. The summed E-state index contributed by atoms with van der Waals surface area (Å²) < 4.78 is 10.9. The first-order chi connectivity index (χ1) is 10.4. The van der Waals surface area contributed by atoms with Crippen LogP contribution in [0.3, 0.4) is 0 Å². The molecule has 5 heterocycles. The lowest BCUT2D eigenvalue weighted by Gasteiger charge is -2.32. The lowest BCUT2D eigenvalue weighted by molar-refractivity contribution is 1.30. The Morgan fingerprint density at radius 2 is 1.05 bits per heavy atom. The topological polar surface area (TPSA) is 0 Å². The van der Waals surface area contributed by atoms with E-state index in [-0.39, 0.29) is 0 Å². The highest BCUT2D eigenvalue weighted by Gasteiger charge is 2.40. The molecule has 0 radical (unpaired) electrons. The Kier molecular flexibility index (Phi) is 5.16. The first-order valence-corrected chi connectivity index (χ1v) is 15.2. The van der Waals surface area contributed by atoms with Gasteiger partial charge in [-0.15, -0.1) is 70.6 Å². The standard InChI is InChI=1S/C11H8S10/c1-2-13-5-4(12-1)16-9-10(17-5)21-11(20-9)8-18-6-7(19-8)15-3-14-6/h4-5H,1-3H2/t4-,5+. The highest BCUT2D eigenvalue weighted by Crippen LogP contribution is 2.71. The lowest BCUT2D eigenvalue weighted by atomic mass is 10.9. The van der Waals surface area contributed by atoms with Gasteiger partial charge in [-0.1, -0.05) is 47.0 Å². The number of rotatable bonds is 0. The van der Waals surface area contributed by atoms with Crippen molar-refractivity contribution >= 4 is 118 Å². The number of hydrogen-bond donors (Lipinski definition) is 0. The summed E-state index contributed by atoms with van der Waals surface area (Å²) in [4.78, 5) is 0. The van der Waals surface area contributed by atoms with E-state index in [0.717, 1.165) is 9.16 Å². The molecule has 1 fully saturated rings. The third-order valence-corrected chi connectivity index (χ3v) is 19.0. The van der Waals surface area contributed by atoms with E-state index in [1.54, 1.807) is 21.2 Å². The fraction of sp³-hybridized carbons (Fsp3) is 0.455. The Labute approximate surface area is 167 Å². The van der Waals surface area contributed by atoms with Crippen LogP contribution in [0, 0.1) is 0 Å². The van der Waals surface area contributed by atoms with Crippen molar-refractivity contribution in [2.75, 3.05) is 16.6 Å². The van der Waals surface area contributed by atoms with E-state index in [1.165, 1.54) is 20.8 Å². The van der Waals surface area contributed by atoms with E-state index in [2.05, 4.69) is 47.0 Å². The van der Waals surface area contributed by atoms with Gasteiger partial charge in [0.05, 0.1) is 34.6 Å². The molecule has 5 aliphatic rings. The molecular formula is C11H8S10. The molecule has 0 saturated carbocycles. The molecule has 0 spiro atoms. The first-order valence-electron chi connectivity index (χ1n) is 6.13. The maximum Gasteiger partial charge on any atom is 0.0769 e. The van der Waals surface area contributed by atoms with Crippen LogP contribution in [0.4, 0.5) is 0 Å². The van der Waals surface area contributed by atoms with Crippen LogP contribution in [-0.2, 0) is 0 Å². The van der Waals surface area contributed by atoms with Gasteiger partial charge < -0.3 is 0 Å². The molecule has 0 N–H and O–H groups in total. The van der Waals surface area contributed by atoms with E-state index >= 15 is 0 Å². The van der Waals surface area contributed by atoms with Gasteiger partial charge >= 0.3 is 0 Å². The zero-order valence-electron chi connectivity index (χ0n) is 10.4. The summed E-state index contributed by atoms with van der Waals surface area (Å²) in [6.07, 6.45) is 0. The van der Waals surface area contributed by atoms with E-state index < -0.39 is 0 Å². The van der Waals surface area contributed by atoms with Crippen molar-refractivity contribution in [3.05, 3.63) is 25.4 Å². The quantitative estimate of drug-likeness (QED) is 0.357. The Morgan fingerprint density at radius 3 is 1.57 bits per heavy atom. The largest absolute Gasteiger partial charge is 0.144 e. The SMILES string of the molecule is C1SC2=C(S1)SC(=C1SC3=C(S1)S[C@@H]1SCCS[C@@H]1S3)S2. The van der Waals surface area contributed by atoms with Gasteiger partial charge in [-0.3, -0.25) is 0 Å². The summed E-state index contributed by atoms with van der Waals surface area (Å²) >= 11 is 20.8. The second kappa shape index (κ2) is 6.79. The van der Waals surface area contributed by atoms with Crippen LogP contribution in [0.1, 0.15) is 0 Å². The average Bonchev–Trinajstić information content (AvgIpc) is 3.17. The van der Waals surface area contributed by atoms with E-state index in [4.69, 9.17) is 0 Å². The summed E-state index contributed by atoms with van der Waals surface area (Å²) in [5.74, 6) is 2.65. The monoisotopic (exact) mass is 460 g/mol. The fourth-order valence-corrected chi connectivity index (χ4v) is 19.4. The summed E-state index contributed by atoms with van der Waals surface area (Å²) in [7, 11) is 0. The molecule has 5 rings (SSSR count). The summed E-state index contributed by atoms with van der Waals surface area (Å²) in [5, 5.41) is 1.21. The molecule has 0 bridgehead atoms. The van der Waals surface area contributed by atoms with Crippen molar-refractivity contribution < 1.29 is 0 Å². The van der Waals surface area contributed by atoms with Gasteiger partial charge in [-0.25, -0.2) is 0 Å². The molecule has 2 atom stereocenters. The molecular weight excluding hydrogens is 453 g/mol. The van der Waals surface area contributed by atoms with Crippen LogP contribution in [0.25, 0.3) is 0 Å². The molecule has 0 nitrogen and oxygen atoms in total. The zero-order chi connectivity index (χ0) is 13.8. The minimum Gasteiger partial charge on any atom is -0.144 e. The molecule has 10 heteroatoms. The van der Waals surface area contributed by atoms with E-state index in [9.17, 15) is 0 Å². The van der Waals surface area contributed by atoms with Gasteiger partial charge in [-0.2, -0.15) is 0 Å². The van der Waals surface area contributed by atoms with Crippen molar-refractivity contribution in [1.29, 1.82) is 0 Å². The van der Waals surface area contributed by atoms with E-state index in [1.807, 2.05) is 70.6 Å². The molecule has 5 aliphatic heterocycles. The highest BCUT2D eigenvalue weighted by molar-refractivity contribution is 8.49. The maximum atomic E-state index is 2.17. The maximum absolute atomic E-state index is 2.17. The minimum atomic E-state index is 0.767. The van der Waals surface area contributed by atoms with Gasteiger partial charge in [-0.05, 0) is 0 Å². The van der Waals surface area contributed by atoms with Crippen LogP contribution in [-0.4, -0.2) is 25.8 Å². The van der Waals surface area contributed by atoms with Gasteiger partial charge in [0.1, 0.15) is 0 Å². The molecule has 21 heavy (non-hydrogen) atoms. The highest BCUT2D eigenvalue weighted by atomic mass is 32.3. The number of fused-ring (bicyclic) bond motifs is 1. The lowest BCUT2D eigenvalue weighted by Crippen LogP contribution is -2.21. The van der Waals surface area contributed by atoms with Crippen LogP contribution < -0.4 is 0 Å². The number of thioether (sulfide) groups is 10. The van der Waals surface area contributed by atoms with Crippen LogP contribution in [0.15, 0.2) is 25.4 Å². The van der Waals surface area contributed by atoms with Crippen molar-refractivity contribution in [2.24, 2.45) is 0 Å². The van der Waals surface area contributed by atoms with Crippen LogP contribution >= 0.6 is 118 Å². The molecule has 0 aromatic heterocycles. The van der Waals surface area contributed by atoms with Gasteiger partial charge in [0.15, 0.2) is 0 Å². The smallest absolute Gasteiger partial charge is 0.0769 e. The van der Waals surface area contributed by atoms with Crippen molar-refractivity contribution in [3.8, 4) is 0 Å². The molecule has 0 aliphatic carbocycles. The molecule has 0 aromatic rings. The Hall–Kier alpha value is 2.72. The second-order valence-corrected chi connectivity index (χ2v) is 17.6. The van der Waals surface area contributed by atoms with Crippen LogP contribution in [0.2, 0.25) is 0 Å². The molecule has 1 saturated heterocycles. The Morgan fingerprint density at radius 1 is 0.571 bits per heavy atom. The predicted molar refractivity (Wildman–Crippen MR) is 119 cm³/mol. The summed E-state index contributed by atoms with van der Waals surface area (Å²) in [6.45, 7) is 0. The minimum absolute atomic E-state index is 0.767. The van der Waals surface area contributed by atoms with Crippen molar-refractivity contribution in [1.82, 2.24) is 0 Å². The average molecular weight is 461 g/mol. The molecule has 0 aromatic carbocycles. The fourth-order valence-electron chi connectivity index (χ4n) is 2.05. The molecule has 0 amide bonds. The Bertz CT molecular complexity index is 544. The predicted octanol–water partition coefficient (Wildman–Crippen LogP) is 7.38. The second-order valence-electron chi connectivity index (χ2n) is 4.25. The van der Waals surface area contributed by atoms with Gasteiger partial charge in [0, 0.05) is 16.6 Å². The zero-order valence-corrected chi connectivity index (χ0v) is 18.5. The van der Waals surface area contributed by atoms with Crippen molar-refractivity contribution in [3.63, 3.8) is 0 Å².